The molecule has 0 aliphatic carbocycles. The van der Waals surface area contributed by atoms with Crippen LogP contribution in [0.3, 0.4) is 0 Å². The minimum Gasteiger partial charge on any atom is -0.398 e. The summed E-state index contributed by atoms with van der Waals surface area (Å²) < 4.78 is 53.2. The van der Waals surface area contributed by atoms with Crippen LogP contribution in [0.5, 0.6) is 0 Å². The number of hydrogen-bond donors (Lipinski definition) is 2. The van der Waals surface area contributed by atoms with Crippen molar-refractivity contribution < 1.29 is 17.2 Å². The lowest BCUT2D eigenvalue weighted by molar-refractivity contribution is 0.597. The van der Waals surface area contributed by atoms with Gasteiger partial charge in [0.1, 0.15) is 16.5 Å². The highest BCUT2D eigenvalue weighted by Gasteiger charge is 2.21. The molecule has 0 fully saturated rings. The molecule has 0 aromatic heterocycles. The third kappa shape index (κ3) is 3.45. The maximum absolute atomic E-state index is 13.6. The van der Waals surface area contributed by atoms with Crippen LogP contribution in [0.1, 0.15) is 0 Å². The van der Waals surface area contributed by atoms with Crippen molar-refractivity contribution in [3.05, 3.63) is 51.5 Å². The van der Waals surface area contributed by atoms with Gasteiger partial charge >= 0.3 is 0 Å². The van der Waals surface area contributed by atoms with Crippen LogP contribution in [0.4, 0.5) is 20.2 Å². The van der Waals surface area contributed by atoms with E-state index in [2.05, 4.69) is 15.9 Å². The summed E-state index contributed by atoms with van der Waals surface area (Å²) >= 11 is 8.55. The van der Waals surface area contributed by atoms with Gasteiger partial charge in [0.2, 0.25) is 0 Å². The molecule has 0 bridgehead atoms. The fraction of sp³-hybridized carbons (Fsp3) is 0. The summed E-state index contributed by atoms with van der Waals surface area (Å²) in [6, 6.07) is 5.26. The van der Waals surface area contributed by atoms with Crippen LogP contribution in [-0.4, -0.2) is 8.42 Å². The number of nitrogen functional groups attached to an aromatic ring is 1. The zero-order valence-electron chi connectivity index (χ0n) is 10.2. The van der Waals surface area contributed by atoms with Gasteiger partial charge in [-0.1, -0.05) is 11.6 Å². The Bertz CT molecular complexity index is 815. The third-order valence-corrected chi connectivity index (χ3v) is 4.78. The first-order chi connectivity index (χ1) is 9.70. The molecule has 0 saturated heterocycles. The van der Waals surface area contributed by atoms with Gasteiger partial charge in [-0.15, -0.1) is 0 Å². The Labute approximate surface area is 133 Å². The smallest absolute Gasteiger partial charge is 0.264 e. The van der Waals surface area contributed by atoms with E-state index in [0.29, 0.717) is 0 Å². The molecule has 0 aliphatic heterocycles. The van der Waals surface area contributed by atoms with Crippen LogP contribution in [-0.2, 0) is 10.0 Å². The van der Waals surface area contributed by atoms with Gasteiger partial charge in [0, 0.05) is 5.02 Å². The number of anilines is 2. The molecule has 0 heterocycles. The Hall–Kier alpha value is -1.38. The molecule has 0 radical (unpaired) electrons. The standard InChI is InChI=1S/C12H8BrClF2N2O2S/c13-7-4-12(10(17)5-9(7)16)21(19,20)18-11-3-6(14)1-2-8(11)15/h1-5,18H,17H2. The summed E-state index contributed by atoms with van der Waals surface area (Å²) in [5.74, 6) is -1.51. The number of halogens is 4. The van der Waals surface area contributed by atoms with Crippen LogP contribution < -0.4 is 10.5 Å². The van der Waals surface area contributed by atoms with Gasteiger partial charge in [0.25, 0.3) is 10.0 Å². The summed E-state index contributed by atoms with van der Waals surface area (Å²) in [4.78, 5) is -0.379. The average molecular weight is 398 g/mol. The van der Waals surface area contributed by atoms with E-state index in [1.807, 2.05) is 4.72 Å². The predicted octanol–water partition coefficient (Wildman–Crippen LogP) is 3.76. The Morgan fingerprint density at radius 2 is 1.81 bits per heavy atom. The maximum Gasteiger partial charge on any atom is 0.264 e. The van der Waals surface area contributed by atoms with Crippen LogP contribution in [0.2, 0.25) is 5.02 Å². The van der Waals surface area contributed by atoms with E-state index < -0.39 is 21.7 Å². The molecule has 0 atom stereocenters. The molecule has 0 aliphatic rings. The van der Waals surface area contributed by atoms with Crippen molar-refractivity contribution in [1.29, 1.82) is 0 Å². The van der Waals surface area contributed by atoms with E-state index in [4.69, 9.17) is 17.3 Å². The molecule has 0 amide bonds. The first-order valence-corrected chi connectivity index (χ1v) is 8.08. The van der Waals surface area contributed by atoms with Gasteiger partial charge in [-0.3, -0.25) is 4.72 Å². The molecule has 2 aromatic rings. The average Bonchev–Trinajstić information content (AvgIpc) is 2.37. The second-order valence-electron chi connectivity index (χ2n) is 4.03. The minimum atomic E-state index is -4.19. The van der Waals surface area contributed by atoms with Crippen molar-refractivity contribution in [2.24, 2.45) is 0 Å². The highest BCUT2D eigenvalue weighted by Crippen LogP contribution is 2.29. The molecule has 9 heteroatoms. The van der Waals surface area contributed by atoms with Gasteiger partial charge in [0.15, 0.2) is 0 Å². The zero-order valence-corrected chi connectivity index (χ0v) is 13.4. The predicted molar refractivity (Wildman–Crippen MR) is 80.7 cm³/mol. The van der Waals surface area contributed by atoms with Crippen molar-refractivity contribution in [3.8, 4) is 0 Å². The fourth-order valence-corrected chi connectivity index (χ4v) is 3.42. The zero-order chi connectivity index (χ0) is 15.8. The monoisotopic (exact) mass is 396 g/mol. The van der Waals surface area contributed by atoms with Gasteiger partial charge < -0.3 is 5.73 Å². The molecule has 112 valence electrons. The fourth-order valence-electron chi connectivity index (χ4n) is 1.55. The first kappa shape index (κ1) is 16.0. The van der Waals surface area contributed by atoms with Gasteiger partial charge in [0.05, 0.1) is 15.8 Å². The molecule has 21 heavy (non-hydrogen) atoms. The number of benzene rings is 2. The summed E-state index contributed by atoms with van der Waals surface area (Å²) in [6.07, 6.45) is 0. The van der Waals surface area contributed by atoms with Gasteiger partial charge in [-0.05, 0) is 46.3 Å². The highest BCUT2D eigenvalue weighted by molar-refractivity contribution is 9.10. The molecule has 0 saturated carbocycles. The highest BCUT2D eigenvalue weighted by atomic mass is 79.9. The Morgan fingerprint density at radius 3 is 2.48 bits per heavy atom. The third-order valence-electron chi connectivity index (χ3n) is 2.51. The van der Waals surface area contributed by atoms with Crippen molar-refractivity contribution >= 4 is 48.9 Å². The summed E-state index contributed by atoms with van der Waals surface area (Å²) in [5, 5.41) is 0.155. The minimum absolute atomic E-state index is 0.0800. The molecule has 3 N–H and O–H groups in total. The number of nitrogens with two attached hydrogens (primary N) is 1. The molecule has 4 nitrogen and oxygen atoms in total. The van der Waals surface area contributed by atoms with Gasteiger partial charge in [-0.2, -0.15) is 0 Å². The lowest BCUT2D eigenvalue weighted by Gasteiger charge is -2.12. The van der Waals surface area contributed by atoms with Crippen LogP contribution in [0.15, 0.2) is 39.7 Å². The molecule has 0 spiro atoms. The number of sulfonamides is 1. The van der Waals surface area contributed by atoms with Crippen LogP contribution in [0, 0.1) is 11.6 Å². The van der Waals surface area contributed by atoms with E-state index in [0.717, 1.165) is 24.3 Å². The van der Waals surface area contributed by atoms with Crippen molar-refractivity contribution in [3.63, 3.8) is 0 Å². The number of rotatable bonds is 3. The molecular weight excluding hydrogens is 390 g/mol. The maximum atomic E-state index is 13.6. The topological polar surface area (TPSA) is 72.2 Å². The van der Waals surface area contributed by atoms with Crippen molar-refractivity contribution in [2.45, 2.75) is 4.90 Å². The van der Waals surface area contributed by atoms with E-state index in [1.165, 1.54) is 6.07 Å². The quantitative estimate of drug-likeness (QED) is 0.775. The molecule has 0 unspecified atom stereocenters. The number of nitrogens with one attached hydrogen (secondary N) is 1. The summed E-state index contributed by atoms with van der Waals surface area (Å²) in [5.41, 5.74) is 4.87. The normalized spacial score (nSPS) is 11.4. The first-order valence-electron chi connectivity index (χ1n) is 5.43. The second kappa shape index (κ2) is 5.78. The van der Waals surface area contributed by atoms with Crippen molar-refractivity contribution in [2.75, 3.05) is 10.5 Å². The number of hydrogen-bond acceptors (Lipinski definition) is 3. The second-order valence-corrected chi connectivity index (χ2v) is 6.98. The van der Waals surface area contributed by atoms with Crippen LogP contribution >= 0.6 is 27.5 Å². The van der Waals surface area contributed by atoms with Crippen LogP contribution in [0.25, 0.3) is 0 Å². The van der Waals surface area contributed by atoms with Gasteiger partial charge in [-0.25, -0.2) is 17.2 Å². The van der Waals surface area contributed by atoms with E-state index in [1.54, 1.807) is 0 Å². The SMILES string of the molecule is Nc1cc(F)c(Br)cc1S(=O)(=O)Nc1cc(Cl)ccc1F. The van der Waals surface area contributed by atoms with E-state index in [-0.39, 0.29) is 25.8 Å². The Balaban J connectivity index is 2.48. The van der Waals surface area contributed by atoms with E-state index >= 15 is 0 Å². The Kier molecular flexibility index (Phi) is 4.40. The molecule has 2 rings (SSSR count). The van der Waals surface area contributed by atoms with Crippen molar-refractivity contribution in [1.82, 2.24) is 0 Å². The Morgan fingerprint density at radius 1 is 1.14 bits per heavy atom. The largest absolute Gasteiger partial charge is 0.398 e. The lowest BCUT2D eigenvalue weighted by atomic mass is 10.3. The van der Waals surface area contributed by atoms with E-state index in [9.17, 15) is 17.2 Å². The summed E-state index contributed by atoms with van der Waals surface area (Å²) in [6.45, 7) is 0. The molecule has 2 aromatic carbocycles. The lowest BCUT2D eigenvalue weighted by Crippen LogP contribution is -2.16. The molecular formula is C12H8BrClF2N2O2S. The summed E-state index contributed by atoms with van der Waals surface area (Å²) in [7, 11) is -4.19.